The van der Waals surface area contributed by atoms with Crippen molar-refractivity contribution in [2.24, 2.45) is 0 Å². The fraction of sp³-hybridized carbons (Fsp3) is 0.250. The predicted molar refractivity (Wildman–Crippen MR) is 76.5 cm³/mol. The van der Waals surface area contributed by atoms with Gasteiger partial charge in [0.05, 0.1) is 5.69 Å². The van der Waals surface area contributed by atoms with E-state index in [0.29, 0.717) is 11.3 Å². The molecular weight excluding hydrogens is 269 g/mol. The molecule has 0 radical (unpaired) electrons. The van der Waals surface area contributed by atoms with Crippen molar-refractivity contribution < 1.29 is 9.13 Å². The standard InChI is InChI=1S/C16H14FN3O/c17-12-5-6-15(13(19)8-12)21-16-11(9-18)7-10-3-1-2-4-14(10)20-16/h5-8H,1-4,19H2. The molecule has 1 heterocycles. The minimum atomic E-state index is -0.432. The quantitative estimate of drug-likeness (QED) is 0.858. The van der Waals surface area contributed by atoms with Crippen molar-refractivity contribution in [3.63, 3.8) is 0 Å². The van der Waals surface area contributed by atoms with E-state index in [1.807, 2.05) is 6.07 Å². The Labute approximate surface area is 122 Å². The van der Waals surface area contributed by atoms with Crippen LogP contribution in [-0.2, 0) is 12.8 Å². The average Bonchev–Trinajstić information content (AvgIpc) is 2.49. The van der Waals surface area contributed by atoms with Crippen molar-refractivity contribution in [3.8, 4) is 17.7 Å². The Balaban J connectivity index is 1.99. The fourth-order valence-corrected chi connectivity index (χ4v) is 2.49. The first kappa shape index (κ1) is 13.4. The normalized spacial score (nSPS) is 13.3. The van der Waals surface area contributed by atoms with Crippen LogP contribution in [0.15, 0.2) is 24.3 Å². The predicted octanol–water partition coefficient (Wildman–Crippen LogP) is 3.35. The molecule has 1 aliphatic rings. The van der Waals surface area contributed by atoms with Gasteiger partial charge in [-0.15, -0.1) is 0 Å². The molecule has 21 heavy (non-hydrogen) atoms. The van der Waals surface area contributed by atoms with E-state index in [0.717, 1.165) is 36.9 Å². The van der Waals surface area contributed by atoms with Crippen LogP contribution < -0.4 is 10.5 Å². The van der Waals surface area contributed by atoms with Gasteiger partial charge >= 0.3 is 0 Å². The van der Waals surface area contributed by atoms with Crippen molar-refractivity contribution >= 4 is 5.69 Å². The summed E-state index contributed by atoms with van der Waals surface area (Å²) in [6, 6.07) is 7.80. The number of nitrogens with two attached hydrogens (primary N) is 1. The molecule has 3 rings (SSSR count). The molecule has 0 unspecified atom stereocenters. The molecule has 5 heteroatoms. The summed E-state index contributed by atoms with van der Waals surface area (Å²) in [5.74, 6) is 0.103. The highest BCUT2D eigenvalue weighted by Gasteiger charge is 2.17. The zero-order valence-electron chi connectivity index (χ0n) is 11.4. The molecule has 1 aromatic carbocycles. The lowest BCUT2D eigenvalue weighted by atomic mass is 9.95. The molecular formula is C16H14FN3O. The van der Waals surface area contributed by atoms with Crippen LogP contribution in [0.5, 0.6) is 11.6 Å². The van der Waals surface area contributed by atoms with Gasteiger partial charge in [0, 0.05) is 11.8 Å². The van der Waals surface area contributed by atoms with Gasteiger partial charge in [0.15, 0.2) is 5.75 Å². The number of hydrogen-bond donors (Lipinski definition) is 1. The zero-order valence-corrected chi connectivity index (χ0v) is 11.4. The van der Waals surface area contributed by atoms with E-state index >= 15 is 0 Å². The monoisotopic (exact) mass is 283 g/mol. The number of aryl methyl sites for hydroxylation is 2. The third-order valence-corrected chi connectivity index (χ3v) is 3.56. The Morgan fingerprint density at radius 2 is 2.05 bits per heavy atom. The maximum absolute atomic E-state index is 13.1. The number of anilines is 1. The van der Waals surface area contributed by atoms with Gasteiger partial charge in [0.1, 0.15) is 17.4 Å². The number of halogens is 1. The number of nitriles is 1. The zero-order chi connectivity index (χ0) is 14.8. The second-order valence-corrected chi connectivity index (χ2v) is 5.05. The minimum absolute atomic E-state index is 0.179. The number of fused-ring (bicyclic) bond motifs is 1. The van der Waals surface area contributed by atoms with Crippen LogP contribution in [0.2, 0.25) is 0 Å². The van der Waals surface area contributed by atoms with Crippen LogP contribution in [0.1, 0.15) is 29.7 Å². The number of hydrogen-bond acceptors (Lipinski definition) is 4. The van der Waals surface area contributed by atoms with Gasteiger partial charge in [-0.3, -0.25) is 0 Å². The number of rotatable bonds is 2. The van der Waals surface area contributed by atoms with E-state index < -0.39 is 5.82 Å². The van der Waals surface area contributed by atoms with Crippen LogP contribution in [-0.4, -0.2) is 4.98 Å². The Hall–Kier alpha value is -2.61. The third kappa shape index (κ3) is 2.65. The summed E-state index contributed by atoms with van der Waals surface area (Å²) < 4.78 is 18.7. The summed E-state index contributed by atoms with van der Waals surface area (Å²) in [7, 11) is 0. The molecule has 0 saturated heterocycles. The van der Waals surface area contributed by atoms with Gasteiger partial charge in [0.2, 0.25) is 5.88 Å². The first-order chi connectivity index (χ1) is 10.2. The van der Waals surface area contributed by atoms with Gasteiger partial charge in [-0.1, -0.05) is 0 Å². The minimum Gasteiger partial charge on any atom is -0.436 e. The van der Waals surface area contributed by atoms with Crippen molar-refractivity contribution in [2.75, 3.05) is 5.73 Å². The molecule has 1 aliphatic carbocycles. The number of nitrogen functional groups attached to an aromatic ring is 1. The molecule has 0 spiro atoms. The number of nitrogens with zero attached hydrogens (tertiary/aromatic N) is 2. The van der Waals surface area contributed by atoms with Crippen molar-refractivity contribution in [1.29, 1.82) is 5.26 Å². The van der Waals surface area contributed by atoms with Gasteiger partial charge < -0.3 is 10.5 Å². The van der Waals surface area contributed by atoms with Gasteiger partial charge in [-0.25, -0.2) is 9.37 Å². The highest BCUT2D eigenvalue weighted by molar-refractivity contribution is 5.55. The van der Waals surface area contributed by atoms with Gasteiger partial charge in [0.25, 0.3) is 0 Å². The third-order valence-electron chi connectivity index (χ3n) is 3.56. The summed E-state index contributed by atoms with van der Waals surface area (Å²) in [6.07, 6.45) is 4.03. The number of benzene rings is 1. The molecule has 0 atom stereocenters. The Kier molecular flexibility index (Phi) is 3.44. The second kappa shape index (κ2) is 5.41. The van der Waals surface area contributed by atoms with E-state index in [9.17, 15) is 9.65 Å². The summed E-state index contributed by atoms with van der Waals surface area (Å²) in [6.45, 7) is 0. The molecule has 0 saturated carbocycles. The summed E-state index contributed by atoms with van der Waals surface area (Å²) in [5, 5.41) is 9.25. The van der Waals surface area contributed by atoms with Crippen LogP contribution >= 0.6 is 0 Å². The average molecular weight is 283 g/mol. The fourth-order valence-electron chi connectivity index (χ4n) is 2.49. The van der Waals surface area contributed by atoms with E-state index in [1.165, 1.54) is 18.2 Å². The lowest BCUT2D eigenvalue weighted by Crippen LogP contribution is -2.07. The number of aromatic nitrogens is 1. The molecule has 2 aromatic rings. The van der Waals surface area contributed by atoms with E-state index in [4.69, 9.17) is 10.5 Å². The van der Waals surface area contributed by atoms with Crippen molar-refractivity contribution in [1.82, 2.24) is 4.98 Å². The maximum atomic E-state index is 13.1. The second-order valence-electron chi connectivity index (χ2n) is 5.05. The topological polar surface area (TPSA) is 71.9 Å². The summed E-state index contributed by atoms with van der Waals surface area (Å²) in [4.78, 5) is 4.45. The molecule has 1 aromatic heterocycles. The number of pyridine rings is 1. The maximum Gasteiger partial charge on any atom is 0.237 e. The lowest BCUT2D eigenvalue weighted by Gasteiger charge is -2.17. The molecule has 0 aliphatic heterocycles. The Morgan fingerprint density at radius 1 is 1.24 bits per heavy atom. The summed E-state index contributed by atoms with van der Waals surface area (Å²) in [5.41, 5.74) is 8.35. The summed E-state index contributed by atoms with van der Waals surface area (Å²) >= 11 is 0. The van der Waals surface area contributed by atoms with E-state index in [2.05, 4.69) is 11.1 Å². The van der Waals surface area contributed by atoms with E-state index in [1.54, 1.807) is 0 Å². The van der Waals surface area contributed by atoms with Gasteiger partial charge in [-0.05, 0) is 49.4 Å². The smallest absolute Gasteiger partial charge is 0.237 e. The molecule has 0 fully saturated rings. The highest BCUT2D eigenvalue weighted by atomic mass is 19.1. The van der Waals surface area contributed by atoms with E-state index in [-0.39, 0.29) is 11.6 Å². The van der Waals surface area contributed by atoms with Gasteiger partial charge in [-0.2, -0.15) is 5.26 Å². The first-order valence-corrected chi connectivity index (χ1v) is 6.83. The molecule has 2 N–H and O–H groups in total. The molecule has 106 valence electrons. The largest absolute Gasteiger partial charge is 0.436 e. The highest BCUT2D eigenvalue weighted by Crippen LogP contribution is 2.31. The lowest BCUT2D eigenvalue weighted by molar-refractivity contribution is 0.457. The molecule has 4 nitrogen and oxygen atoms in total. The molecule has 0 bridgehead atoms. The Morgan fingerprint density at radius 3 is 2.81 bits per heavy atom. The van der Waals surface area contributed by atoms with Crippen LogP contribution in [0.3, 0.4) is 0 Å². The molecule has 0 amide bonds. The number of ether oxygens (including phenoxy) is 1. The first-order valence-electron chi connectivity index (χ1n) is 6.83. The van der Waals surface area contributed by atoms with Crippen molar-refractivity contribution in [3.05, 3.63) is 46.9 Å². The van der Waals surface area contributed by atoms with Crippen LogP contribution in [0.25, 0.3) is 0 Å². The Bertz CT molecular complexity index is 737. The van der Waals surface area contributed by atoms with Crippen LogP contribution in [0, 0.1) is 17.1 Å². The SMILES string of the molecule is N#Cc1cc2c(nc1Oc1ccc(F)cc1N)CCCC2. The van der Waals surface area contributed by atoms with Crippen LogP contribution in [0.4, 0.5) is 10.1 Å². The van der Waals surface area contributed by atoms with Crippen molar-refractivity contribution in [2.45, 2.75) is 25.7 Å².